The normalized spacial score (nSPS) is 17.7. The van der Waals surface area contributed by atoms with Crippen LogP contribution in [0.15, 0.2) is 48.0 Å². The molecule has 0 radical (unpaired) electrons. The Hall–Kier alpha value is -3.32. The van der Waals surface area contributed by atoms with Crippen molar-refractivity contribution in [2.24, 2.45) is 0 Å². The highest BCUT2D eigenvalue weighted by Gasteiger charge is 2.46. The first kappa shape index (κ1) is 23.3. The summed E-state index contributed by atoms with van der Waals surface area (Å²) >= 11 is 0. The van der Waals surface area contributed by atoms with Crippen molar-refractivity contribution in [3.05, 3.63) is 64.7 Å². The van der Waals surface area contributed by atoms with Crippen LogP contribution in [0.4, 0.5) is 5.69 Å². The number of carbonyl (C=O) groups is 2. The number of aliphatic hydroxyl groups is 1. The quantitative estimate of drug-likeness (QED) is 0.294. The fourth-order valence-corrected chi connectivity index (χ4v) is 3.94. The number of methoxy groups -OCH3 is 2. The van der Waals surface area contributed by atoms with Crippen LogP contribution in [0.3, 0.4) is 0 Å². The van der Waals surface area contributed by atoms with Crippen LogP contribution in [-0.2, 0) is 14.3 Å². The second-order valence-corrected chi connectivity index (χ2v) is 8.03. The lowest BCUT2D eigenvalue weighted by Crippen LogP contribution is -2.31. The number of ketones is 1. The Morgan fingerprint density at radius 2 is 1.78 bits per heavy atom. The number of aryl methyl sites for hydroxylation is 1. The van der Waals surface area contributed by atoms with Gasteiger partial charge in [0, 0.05) is 40.0 Å². The first-order valence-corrected chi connectivity index (χ1v) is 10.5. The van der Waals surface area contributed by atoms with Gasteiger partial charge in [0.15, 0.2) is 0 Å². The highest BCUT2D eigenvalue weighted by Crippen LogP contribution is 2.41. The van der Waals surface area contributed by atoms with Gasteiger partial charge in [-0.2, -0.15) is 0 Å². The number of rotatable bonds is 8. The maximum absolute atomic E-state index is 13.1. The molecule has 1 atom stereocenters. The Kier molecular flexibility index (Phi) is 7.20. The number of hydrogen-bond acceptors (Lipinski definition) is 6. The van der Waals surface area contributed by atoms with E-state index >= 15 is 0 Å². The average molecular weight is 439 g/mol. The smallest absolute Gasteiger partial charge is 0.295 e. The number of likely N-dealkylation sites (tertiary alicyclic amines) is 1. The lowest BCUT2D eigenvalue weighted by atomic mass is 9.94. The van der Waals surface area contributed by atoms with Crippen LogP contribution in [0.25, 0.3) is 5.76 Å². The topological polar surface area (TPSA) is 79.3 Å². The summed E-state index contributed by atoms with van der Waals surface area (Å²) < 4.78 is 10.5. The van der Waals surface area contributed by atoms with Gasteiger partial charge in [-0.15, -0.1) is 0 Å². The molecule has 1 aliphatic rings. The van der Waals surface area contributed by atoms with E-state index in [-0.39, 0.29) is 11.3 Å². The van der Waals surface area contributed by atoms with E-state index in [0.717, 1.165) is 16.8 Å². The third kappa shape index (κ3) is 4.48. The molecule has 7 nitrogen and oxygen atoms in total. The molecule has 0 saturated carbocycles. The van der Waals surface area contributed by atoms with Crippen molar-refractivity contribution in [3.8, 4) is 5.75 Å². The van der Waals surface area contributed by atoms with E-state index < -0.39 is 17.7 Å². The van der Waals surface area contributed by atoms with E-state index in [0.29, 0.717) is 30.9 Å². The van der Waals surface area contributed by atoms with Gasteiger partial charge in [0.1, 0.15) is 11.5 Å². The van der Waals surface area contributed by atoms with Gasteiger partial charge in [-0.25, -0.2) is 0 Å². The van der Waals surface area contributed by atoms with E-state index in [1.165, 1.54) is 12.0 Å². The van der Waals surface area contributed by atoms with Crippen molar-refractivity contribution < 1.29 is 24.2 Å². The molecule has 1 heterocycles. The molecule has 0 bridgehead atoms. The Bertz CT molecular complexity index is 1030. The molecule has 3 rings (SSSR count). The van der Waals surface area contributed by atoms with Crippen molar-refractivity contribution in [2.75, 3.05) is 46.4 Å². The summed E-state index contributed by atoms with van der Waals surface area (Å²) in [5.41, 5.74) is 3.09. The fraction of sp³-hybridized carbons (Fsp3) is 0.360. The number of aliphatic hydroxyl groups excluding tert-OH is 1. The average Bonchev–Trinajstić information content (AvgIpc) is 3.03. The fourth-order valence-electron chi connectivity index (χ4n) is 3.94. The van der Waals surface area contributed by atoms with Crippen LogP contribution in [0.5, 0.6) is 5.75 Å². The SMILES string of the molecule is COCCCN1C(=O)C(=O)/C(=C(/O)c2cc(C)ccc2OC)C1c1ccc(N(C)C)cc1. The number of nitrogens with zero attached hydrogens (tertiary/aromatic N) is 2. The molecule has 1 N–H and O–H groups in total. The minimum absolute atomic E-state index is 0.0638. The van der Waals surface area contributed by atoms with E-state index in [9.17, 15) is 14.7 Å². The third-order valence-corrected chi connectivity index (χ3v) is 5.62. The van der Waals surface area contributed by atoms with Crippen molar-refractivity contribution in [1.82, 2.24) is 4.90 Å². The second kappa shape index (κ2) is 9.87. The molecular formula is C25H30N2O5. The maximum Gasteiger partial charge on any atom is 0.295 e. The molecule has 1 unspecified atom stereocenters. The molecule has 32 heavy (non-hydrogen) atoms. The number of amides is 1. The third-order valence-electron chi connectivity index (χ3n) is 5.62. The van der Waals surface area contributed by atoms with E-state index in [4.69, 9.17) is 9.47 Å². The van der Waals surface area contributed by atoms with Gasteiger partial charge >= 0.3 is 0 Å². The van der Waals surface area contributed by atoms with Crippen LogP contribution in [-0.4, -0.2) is 63.2 Å². The predicted octanol–water partition coefficient (Wildman–Crippen LogP) is 3.53. The molecular weight excluding hydrogens is 408 g/mol. The van der Waals surface area contributed by atoms with Crippen LogP contribution in [0, 0.1) is 6.92 Å². The van der Waals surface area contributed by atoms with Crippen LogP contribution in [0.1, 0.15) is 29.2 Å². The molecule has 170 valence electrons. The Labute approximate surface area is 188 Å². The number of Topliss-reactive ketones (excluding diaryl/α,β-unsaturated/α-hetero) is 1. The van der Waals surface area contributed by atoms with Crippen LogP contribution >= 0.6 is 0 Å². The zero-order chi connectivity index (χ0) is 23.4. The monoisotopic (exact) mass is 438 g/mol. The number of ether oxygens (including phenoxy) is 2. The van der Waals surface area contributed by atoms with Crippen LogP contribution < -0.4 is 9.64 Å². The summed E-state index contributed by atoms with van der Waals surface area (Å²) in [5, 5.41) is 11.3. The zero-order valence-corrected chi connectivity index (χ0v) is 19.2. The van der Waals surface area contributed by atoms with Crippen molar-refractivity contribution in [2.45, 2.75) is 19.4 Å². The summed E-state index contributed by atoms with van der Waals surface area (Å²) in [5.74, 6) is -1.14. The molecule has 2 aromatic carbocycles. The summed E-state index contributed by atoms with van der Waals surface area (Å²) in [6.07, 6.45) is 0.573. The summed E-state index contributed by atoms with van der Waals surface area (Å²) in [7, 11) is 6.98. The summed E-state index contributed by atoms with van der Waals surface area (Å²) in [6.45, 7) is 2.68. The largest absolute Gasteiger partial charge is 0.507 e. The minimum Gasteiger partial charge on any atom is -0.507 e. The van der Waals surface area contributed by atoms with Gasteiger partial charge in [-0.3, -0.25) is 9.59 Å². The first-order valence-electron chi connectivity index (χ1n) is 10.5. The number of anilines is 1. The van der Waals surface area contributed by atoms with Gasteiger partial charge in [0.2, 0.25) is 0 Å². The Balaban J connectivity index is 2.17. The Morgan fingerprint density at radius 3 is 2.38 bits per heavy atom. The van der Waals surface area contributed by atoms with Crippen molar-refractivity contribution >= 4 is 23.1 Å². The lowest BCUT2D eigenvalue weighted by molar-refractivity contribution is -0.140. The molecule has 0 aromatic heterocycles. The molecule has 1 saturated heterocycles. The zero-order valence-electron chi connectivity index (χ0n) is 19.2. The standard InChI is InChI=1S/C25H30N2O5/c1-16-7-12-20(32-5)19(15-16)23(28)21-22(17-8-10-18(11-9-17)26(2)3)27(13-6-14-31-4)25(30)24(21)29/h7-12,15,22,28H,6,13-14H2,1-5H3/b23-21+. The second-order valence-electron chi connectivity index (χ2n) is 8.03. The lowest BCUT2D eigenvalue weighted by Gasteiger charge is -2.26. The van der Waals surface area contributed by atoms with Crippen molar-refractivity contribution in [3.63, 3.8) is 0 Å². The number of carbonyl (C=O) groups excluding carboxylic acids is 2. The van der Waals surface area contributed by atoms with Gasteiger partial charge in [-0.1, -0.05) is 23.8 Å². The van der Waals surface area contributed by atoms with Crippen LogP contribution in [0.2, 0.25) is 0 Å². The van der Waals surface area contributed by atoms with Crippen molar-refractivity contribution in [1.29, 1.82) is 0 Å². The van der Waals surface area contributed by atoms with Gasteiger partial charge in [0.05, 0.1) is 24.3 Å². The maximum atomic E-state index is 13.1. The highest BCUT2D eigenvalue weighted by atomic mass is 16.5. The van der Waals surface area contributed by atoms with Gasteiger partial charge < -0.3 is 24.4 Å². The van der Waals surface area contributed by atoms with Gasteiger partial charge in [-0.05, 0) is 43.2 Å². The molecule has 7 heteroatoms. The minimum atomic E-state index is -0.704. The molecule has 0 aliphatic carbocycles. The van der Waals surface area contributed by atoms with E-state index in [2.05, 4.69) is 0 Å². The molecule has 1 aliphatic heterocycles. The molecule has 1 fully saturated rings. The van der Waals surface area contributed by atoms with Gasteiger partial charge in [0.25, 0.3) is 11.7 Å². The summed E-state index contributed by atoms with van der Waals surface area (Å²) in [6, 6.07) is 12.3. The predicted molar refractivity (Wildman–Crippen MR) is 124 cm³/mol. The molecule has 1 amide bonds. The highest BCUT2D eigenvalue weighted by molar-refractivity contribution is 6.46. The first-order chi connectivity index (χ1) is 15.3. The molecule has 0 spiro atoms. The van der Waals surface area contributed by atoms with E-state index in [1.807, 2.05) is 56.3 Å². The number of benzene rings is 2. The number of hydrogen-bond donors (Lipinski definition) is 1. The van der Waals surface area contributed by atoms with E-state index in [1.54, 1.807) is 19.2 Å². The molecule has 2 aromatic rings. The Morgan fingerprint density at radius 1 is 1.09 bits per heavy atom. The summed E-state index contributed by atoms with van der Waals surface area (Å²) in [4.78, 5) is 29.6.